The molecular weight excluding hydrogens is 336 g/mol. The zero-order chi connectivity index (χ0) is 18.9. The van der Waals surface area contributed by atoms with E-state index in [0.29, 0.717) is 35.8 Å². The maximum Gasteiger partial charge on any atom is 0.335 e. The lowest BCUT2D eigenvalue weighted by molar-refractivity contribution is -0.149. The van der Waals surface area contributed by atoms with Crippen molar-refractivity contribution in [3.63, 3.8) is 0 Å². The Balaban J connectivity index is 1.85. The molecule has 3 aliphatic rings. The van der Waals surface area contributed by atoms with Gasteiger partial charge in [-0.15, -0.1) is 0 Å². The molecule has 6 nitrogen and oxygen atoms in total. The standard InChI is InChI=1S/C20H28O6/c1-13(17(23)25-11-21)8-19-7-5-15(10-19)16-4-3-6-20(16,19)9-14(2)18(24)26-12-22/h15-16,21-22H,1-12H2. The summed E-state index contributed by atoms with van der Waals surface area (Å²) in [6, 6.07) is 0. The topological polar surface area (TPSA) is 93.1 Å². The minimum absolute atomic E-state index is 0.0795. The van der Waals surface area contributed by atoms with Crippen LogP contribution in [0.2, 0.25) is 0 Å². The van der Waals surface area contributed by atoms with E-state index in [1.807, 2.05) is 0 Å². The number of carbonyl (C=O) groups is 2. The smallest absolute Gasteiger partial charge is 0.335 e. The molecule has 0 aliphatic heterocycles. The Morgan fingerprint density at radius 2 is 1.58 bits per heavy atom. The zero-order valence-corrected chi connectivity index (χ0v) is 15.2. The molecule has 3 rings (SSSR count). The minimum atomic E-state index is -0.648. The normalized spacial score (nSPS) is 34.4. The maximum atomic E-state index is 12.0. The van der Waals surface area contributed by atoms with E-state index >= 15 is 0 Å². The van der Waals surface area contributed by atoms with Gasteiger partial charge in [0.1, 0.15) is 0 Å². The van der Waals surface area contributed by atoms with Gasteiger partial charge >= 0.3 is 11.9 Å². The molecule has 3 aliphatic carbocycles. The van der Waals surface area contributed by atoms with Crippen molar-refractivity contribution in [3.05, 3.63) is 24.3 Å². The molecule has 4 atom stereocenters. The fourth-order valence-corrected chi connectivity index (χ4v) is 6.41. The van der Waals surface area contributed by atoms with Crippen molar-refractivity contribution in [3.8, 4) is 0 Å². The summed E-state index contributed by atoms with van der Waals surface area (Å²) in [4.78, 5) is 24.1. The summed E-state index contributed by atoms with van der Waals surface area (Å²) < 4.78 is 9.43. The van der Waals surface area contributed by atoms with Crippen LogP contribution in [-0.2, 0) is 19.1 Å². The SMILES string of the molecule is C=C(CC12CCC(C1)C1CCCC12CC(=C)C(=O)OCO)C(=O)OCO. The molecule has 144 valence electrons. The number of aliphatic hydroxyl groups excluding tert-OH is 2. The lowest BCUT2D eigenvalue weighted by Crippen LogP contribution is -2.42. The average Bonchev–Trinajstić information content (AvgIpc) is 3.26. The predicted molar refractivity (Wildman–Crippen MR) is 93.4 cm³/mol. The van der Waals surface area contributed by atoms with Crippen LogP contribution < -0.4 is 0 Å². The van der Waals surface area contributed by atoms with Crippen LogP contribution in [0.1, 0.15) is 51.4 Å². The number of aliphatic hydroxyl groups is 2. The molecular formula is C20H28O6. The first kappa shape index (κ1) is 19.1. The summed E-state index contributed by atoms with van der Waals surface area (Å²) in [6.45, 7) is 6.53. The van der Waals surface area contributed by atoms with Crippen LogP contribution in [0.25, 0.3) is 0 Å². The Kier molecular flexibility index (Phi) is 5.26. The number of hydrogen-bond donors (Lipinski definition) is 2. The fourth-order valence-electron chi connectivity index (χ4n) is 6.41. The highest BCUT2D eigenvalue weighted by Crippen LogP contribution is 2.76. The van der Waals surface area contributed by atoms with Crippen molar-refractivity contribution < 1.29 is 29.3 Å². The largest absolute Gasteiger partial charge is 0.435 e. The highest BCUT2D eigenvalue weighted by atomic mass is 16.6. The van der Waals surface area contributed by atoms with E-state index in [1.165, 1.54) is 0 Å². The molecule has 2 bridgehead atoms. The summed E-state index contributed by atoms with van der Waals surface area (Å²) in [5.74, 6) is 0.0295. The fraction of sp³-hybridized carbons (Fsp3) is 0.700. The Labute approximate surface area is 153 Å². The third-order valence-corrected chi connectivity index (χ3v) is 7.17. The minimum Gasteiger partial charge on any atom is -0.435 e. The van der Waals surface area contributed by atoms with Crippen LogP contribution in [0.3, 0.4) is 0 Å². The van der Waals surface area contributed by atoms with Gasteiger partial charge in [-0.3, -0.25) is 0 Å². The summed E-state index contributed by atoms with van der Waals surface area (Å²) in [7, 11) is 0. The van der Waals surface area contributed by atoms with E-state index in [4.69, 9.17) is 19.7 Å². The van der Waals surface area contributed by atoms with Crippen LogP contribution >= 0.6 is 0 Å². The second-order valence-corrected chi connectivity index (χ2v) is 8.12. The summed E-state index contributed by atoms with van der Waals surface area (Å²) in [5.41, 5.74) is 0.605. The van der Waals surface area contributed by atoms with Gasteiger partial charge in [0, 0.05) is 11.1 Å². The lowest BCUT2D eigenvalue weighted by Gasteiger charge is -2.49. The second kappa shape index (κ2) is 7.16. The Bertz CT molecular complexity index is 626. The van der Waals surface area contributed by atoms with Gasteiger partial charge in [0.2, 0.25) is 0 Å². The number of fused-ring (bicyclic) bond motifs is 5. The van der Waals surface area contributed by atoms with Gasteiger partial charge < -0.3 is 19.7 Å². The van der Waals surface area contributed by atoms with E-state index in [0.717, 1.165) is 38.5 Å². The molecule has 0 heterocycles. The molecule has 0 aromatic carbocycles. The molecule has 3 saturated carbocycles. The predicted octanol–water partition coefficient (Wildman–Crippen LogP) is 2.45. The van der Waals surface area contributed by atoms with Gasteiger partial charge in [-0.25, -0.2) is 9.59 Å². The molecule has 0 amide bonds. The summed E-state index contributed by atoms with van der Waals surface area (Å²) in [6.07, 6.45) is 7.50. The van der Waals surface area contributed by atoms with Gasteiger partial charge in [0.05, 0.1) is 0 Å². The van der Waals surface area contributed by atoms with Gasteiger partial charge in [0.25, 0.3) is 0 Å². The zero-order valence-electron chi connectivity index (χ0n) is 15.2. The quantitative estimate of drug-likeness (QED) is 0.390. The third-order valence-electron chi connectivity index (χ3n) is 7.17. The van der Waals surface area contributed by atoms with Crippen molar-refractivity contribution in [2.45, 2.75) is 51.4 Å². The Morgan fingerprint density at radius 1 is 0.962 bits per heavy atom. The van der Waals surface area contributed by atoms with E-state index in [1.54, 1.807) is 0 Å². The summed E-state index contributed by atoms with van der Waals surface area (Å²) >= 11 is 0. The van der Waals surface area contributed by atoms with Gasteiger partial charge in [-0.05, 0) is 67.6 Å². The molecule has 0 saturated heterocycles. The second-order valence-electron chi connectivity index (χ2n) is 8.12. The molecule has 4 unspecified atom stereocenters. The lowest BCUT2D eigenvalue weighted by atomic mass is 9.55. The van der Waals surface area contributed by atoms with E-state index < -0.39 is 25.5 Å². The third kappa shape index (κ3) is 2.89. The molecule has 2 N–H and O–H groups in total. The average molecular weight is 364 g/mol. The van der Waals surface area contributed by atoms with Crippen molar-refractivity contribution >= 4 is 11.9 Å². The first-order chi connectivity index (χ1) is 12.4. The highest BCUT2D eigenvalue weighted by Gasteiger charge is 2.67. The molecule has 0 aromatic heterocycles. The van der Waals surface area contributed by atoms with E-state index in [-0.39, 0.29) is 10.8 Å². The van der Waals surface area contributed by atoms with Crippen molar-refractivity contribution in [1.29, 1.82) is 0 Å². The molecule has 0 radical (unpaired) electrons. The Morgan fingerprint density at radius 3 is 2.19 bits per heavy atom. The first-order valence-corrected chi connectivity index (χ1v) is 9.31. The molecule has 0 aromatic rings. The Hall–Kier alpha value is -1.66. The van der Waals surface area contributed by atoms with Crippen LogP contribution in [0.5, 0.6) is 0 Å². The first-order valence-electron chi connectivity index (χ1n) is 9.31. The monoisotopic (exact) mass is 364 g/mol. The van der Waals surface area contributed by atoms with Gasteiger partial charge in [-0.2, -0.15) is 0 Å². The van der Waals surface area contributed by atoms with E-state index in [9.17, 15) is 9.59 Å². The highest BCUT2D eigenvalue weighted by molar-refractivity contribution is 5.88. The van der Waals surface area contributed by atoms with Crippen molar-refractivity contribution in [2.24, 2.45) is 22.7 Å². The molecule has 6 heteroatoms. The van der Waals surface area contributed by atoms with E-state index in [2.05, 4.69) is 13.2 Å². The van der Waals surface area contributed by atoms with Gasteiger partial charge in [-0.1, -0.05) is 19.6 Å². The van der Waals surface area contributed by atoms with Crippen LogP contribution in [0.15, 0.2) is 24.3 Å². The van der Waals surface area contributed by atoms with Crippen LogP contribution in [-0.4, -0.2) is 35.7 Å². The number of hydrogen-bond acceptors (Lipinski definition) is 6. The number of ether oxygens (including phenoxy) is 2. The summed E-state index contributed by atoms with van der Waals surface area (Å²) in [5, 5.41) is 17.7. The van der Waals surface area contributed by atoms with Crippen molar-refractivity contribution in [2.75, 3.05) is 13.6 Å². The molecule has 0 spiro atoms. The number of carbonyl (C=O) groups excluding carboxylic acids is 2. The molecule has 26 heavy (non-hydrogen) atoms. The number of rotatable bonds is 8. The maximum absolute atomic E-state index is 12.0. The van der Waals surface area contributed by atoms with Crippen LogP contribution in [0.4, 0.5) is 0 Å². The van der Waals surface area contributed by atoms with Crippen molar-refractivity contribution in [1.82, 2.24) is 0 Å². The van der Waals surface area contributed by atoms with Crippen LogP contribution in [0, 0.1) is 22.7 Å². The number of esters is 2. The molecule has 3 fully saturated rings. The van der Waals surface area contributed by atoms with Gasteiger partial charge in [0.15, 0.2) is 13.6 Å².